The van der Waals surface area contributed by atoms with Crippen LogP contribution in [0.5, 0.6) is 0 Å². The Bertz CT molecular complexity index is 1140. The fourth-order valence-corrected chi connectivity index (χ4v) is 6.85. The molecule has 6 rings (SSSR count). The van der Waals surface area contributed by atoms with E-state index in [-0.39, 0.29) is 36.1 Å². The highest BCUT2D eigenvalue weighted by Crippen LogP contribution is 2.57. The molecule has 4 aliphatic rings. The molecule has 36 heavy (non-hydrogen) atoms. The Morgan fingerprint density at radius 3 is 2.67 bits per heavy atom. The molecule has 2 amide bonds. The van der Waals surface area contributed by atoms with Crippen molar-refractivity contribution >= 4 is 45.4 Å². The van der Waals surface area contributed by atoms with Crippen LogP contribution in [-0.2, 0) is 16.0 Å². The maximum Gasteiger partial charge on any atom is 0.407 e. The molecule has 5 N–H and O–H groups in total. The number of rotatable bonds is 8. The Morgan fingerprint density at radius 1 is 1.22 bits per heavy atom. The van der Waals surface area contributed by atoms with Gasteiger partial charge in [0.15, 0.2) is 0 Å². The summed E-state index contributed by atoms with van der Waals surface area (Å²) in [5, 5.41) is 9.82. The van der Waals surface area contributed by atoms with E-state index in [4.69, 9.17) is 15.5 Å². The van der Waals surface area contributed by atoms with Gasteiger partial charge in [0.05, 0.1) is 10.9 Å². The van der Waals surface area contributed by atoms with Gasteiger partial charge < -0.3 is 26.4 Å². The number of benzene rings is 1. The molecule has 0 saturated heterocycles. The monoisotopic (exact) mass is 556 g/mol. The van der Waals surface area contributed by atoms with Gasteiger partial charge in [0.1, 0.15) is 11.4 Å². The van der Waals surface area contributed by atoms with Gasteiger partial charge in [-0.25, -0.2) is 9.78 Å². The molecule has 1 heterocycles. The summed E-state index contributed by atoms with van der Waals surface area (Å²) in [6.07, 6.45) is 6.63. The van der Waals surface area contributed by atoms with Crippen molar-refractivity contribution in [3.05, 3.63) is 40.5 Å². The van der Waals surface area contributed by atoms with E-state index in [9.17, 15) is 9.59 Å². The number of nitrogens with one attached hydrogen (secondary N) is 3. The zero-order valence-electron chi connectivity index (χ0n) is 20.6. The maximum atomic E-state index is 12.4. The number of alkyl carbamates (subject to hydrolysis) is 1. The number of halogens is 1. The first-order chi connectivity index (χ1) is 17.2. The lowest BCUT2D eigenvalue weighted by molar-refractivity contribution is -0.132. The quantitative estimate of drug-likeness (QED) is 0.376. The number of hydrogen-bond acceptors (Lipinski definition) is 7. The molecule has 1 aromatic heterocycles. The summed E-state index contributed by atoms with van der Waals surface area (Å²) >= 11 is 3.60. The van der Waals surface area contributed by atoms with E-state index in [2.05, 4.69) is 36.9 Å². The van der Waals surface area contributed by atoms with Crippen LogP contribution in [-0.4, -0.2) is 39.7 Å². The number of carbonyl (C=O) groups is 2. The van der Waals surface area contributed by atoms with Crippen LogP contribution in [0.1, 0.15) is 51.5 Å². The van der Waals surface area contributed by atoms with Gasteiger partial charge in [-0.1, -0.05) is 12.1 Å². The molecule has 0 aliphatic heterocycles. The van der Waals surface area contributed by atoms with Crippen molar-refractivity contribution in [1.29, 1.82) is 0 Å². The highest BCUT2D eigenvalue weighted by molar-refractivity contribution is 9.10. The summed E-state index contributed by atoms with van der Waals surface area (Å²) < 4.78 is 6.85. The molecule has 192 valence electrons. The van der Waals surface area contributed by atoms with E-state index in [0.29, 0.717) is 23.7 Å². The summed E-state index contributed by atoms with van der Waals surface area (Å²) in [6.45, 7) is 3.89. The van der Waals surface area contributed by atoms with E-state index < -0.39 is 0 Å². The van der Waals surface area contributed by atoms with E-state index in [1.54, 1.807) is 6.20 Å². The van der Waals surface area contributed by atoms with Crippen LogP contribution in [0.25, 0.3) is 0 Å². The third-order valence-electron chi connectivity index (χ3n) is 7.54. The molecular formula is C26H33BrN6O3. The first-order valence-electron chi connectivity index (χ1n) is 12.6. The van der Waals surface area contributed by atoms with Gasteiger partial charge in [-0.2, -0.15) is 4.98 Å². The third kappa shape index (κ3) is 5.43. The van der Waals surface area contributed by atoms with Gasteiger partial charge in [0.2, 0.25) is 11.9 Å². The Hall–Kier alpha value is -2.88. The highest BCUT2D eigenvalue weighted by atomic mass is 79.9. The first-order valence-corrected chi connectivity index (χ1v) is 13.4. The second-order valence-corrected chi connectivity index (χ2v) is 11.7. The van der Waals surface area contributed by atoms with E-state index >= 15 is 0 Å². The Morgan fingerprint density at radius 2 is 1.97 bits per heavy atom. The fraction of sp³-hybridized carbons (Fsp3) is 0.538. The van der Waals surface area contributed by atoms with E-state index in [1.165, 1.54) is 0 Å². The fourth-order valence-electron chi connectivity index (χ4n) is 6.55. The molecule has 9 nitrogen and oxygen atoms in total. The van der Waals surface area contributed by atoms with Crippen molar-refractivity contribution in [2.24, 2.45) is 23.5 Å². The van der Waals surface area contributed by atoms with Crippen molar-refractivity contribution in [2.75, 3.05) is 10.6 Å². The van der Waals surface area contributed by atoms with Gasteiger partial charge >= 0.3 is 6.09 Å². The summed E-state index contributed by atoms with van der Waals surface area (Å²) in [5.41, 5.74) is 6.60. The molecule has 4 saturated carbocycles. The maximum absolute atomic E-state index is 12.4. The van der Waals surface area contributed by atoms with Crippen molar-refractivity contribution < 1.29 is 14.3 Å². The molecule has 1 aromatic carbocycles. The molecule has 2 aromatic rings. The second-order valence-electron chi connectivity index (χ2n) is 10.9. The minimum Gasteiger partial charge on any atom is -0.443 e. The van der Waals surface area contributed by atoms with Crippen LogP contribution < -0.4 is 21.7 Å². The zero-order valence-corrected chi connectivity index (χ0v) is 22.2. The largest absolute Gasteiger partial charge is 0.443 e. The van der Waals surface area contributed by atoms with Gasteiger partial charge in [-0.3, -0.25) is 4.79 Å². The van der Waals surface area contributed by atoms with Crippen LogP contribution in [0.3, 0.4) is 0 Å². The topological polar surface area (TPSA) is 131 Å². The van der Waals surface area contributed by atoms with Crippen molar-refractivity contribution in [3.8, 4) is 0 Å². The van der Waals surface area contributed by atoms with E-state index in [0.717, 1.165) is 53.6 Å². The molecule has 2 unspecified atom stereocenters. The summed E-state index contributed by atoms with van der Waals surface area (Å²) in [7, 11) is 0. The SMILES string of the molecule is CC(C)NC(=O)O[C@]12CC3CC(C1)[C@H](Nc1nc(Nc4cccc(CC(N)=O)c4)ncc1Br)C(C3)C2. The minimum atomic E-state index is -0.373. The molecule has 4 bridgehead atoms. The molecule has 4 aliphatic carbocycles. The van der Waals surface area contributed by atoms with Crippen LogP contribution in [0.4, 0.5) is 22.2 Å². The smallest absolute Gasteiger partial charge is 0.407 e. The van der Waals surface area contributed by atoms with Gasteiger partial charge in [-0.15, -0.1) is 0 Å². The lowest BCUT2D eigenvalue weighted by Crippen LogP contribution is -2.61. The van der Waals surface area contributed by atoms with Crippen LogP contribution in [0, 0.1) is 17.8 Å². The van der Waals surface area contributed by atoms with Crippen LogP contribution >= 0.6 is 15.9 Å². The highest BCUT2D eigenvalue weighted by Gasteiger charge is 2.57. The van der Waals surface area contributed by atoms with Gasteiger partial charge in [0, 0.05) is 24.0 Å². The number of primary amides is 1. The van der Waals surface area contributed by atoms with Gasteiger partial charge in [0.25, 0.3) is 0 Å². The predicted octanol–water partition coefficient (Wildman–Crippen LogP) is 4.50. The van der Waals surface area contributed by atoms with Crippen molar-refractivity contribution in [3.63, 3.8) is 0 Å². The van der Waals surface area contributed by atoms with Crippen LogP contribution in [0.15, 0.2) is 34.9 Å². The molecular weight excluding hydrogens is 524 g/mol. The van der Waals surface area contributed by atoms with Gasteiger partial charge in [-0.05, 0) is 97.3 Å². The summed E-state index contributed by atoms with van der Waals surface area (Å²) in [6, 6.07) is 7.83. The lowest BCUT2D eigenvalue weighted by atomic mass is 9.52. The predicted molar refractivity (Wildman–Crippen MR) is 141 cm³/mol. The van der Waals surface area contributed by atoms with E-state index in [1.807, 2.05) is 38.1 Å². The number of nitrogens with two attached hydrogens (primary N) is 1. The molecule has 0 spiro atoms. The number of carbonyl (C=O) groups excluding carboxylic acids is 2. The second kappa shape index (κ2) is 9.88. The molecule has 2 atom stereocenters. The average Bonchev–Trinajstić information content (AvgIpc) is 2.76. The normalized spacial score (nSPS) is 28.1. The van der Waals surface area contributed by atoms with Crippen molar-refractivity contribution in [1.82, 2.24) is 15.3 Å². The standard InChI is InChI=1S/C26H33BrN6O3/c1-14(2)30-25(35)36-26-10-16-6-17(11-26)22(18(7-16)12-26)32-23-20(27)13-29-24(33-23)31-19-5-3-4-15(8-19)9-21(28)34/h3-5,8,13-14,16-18,22H,6-7,9-12H2,1-2H3,(H2,28,34)(H,30,35)(H2,29,31,32,33)/t16?,17?,18?,22-,26+. The third-order valence-corrected chi connectivity index (χ3v) is 8.12. The number of aromatic nitrogens is 2. The zero-order chi connectivity index (χ0) is 25.4. The molecule has 10 heteroatoms. The minimum absolute atomic E-state index is 0.0596. The number of anilines is 3. The average molecular weight is 557 g/mol. The van der Waals surface area contributed by atoms with Crippen molar-refractivity contribution in [2.45, 2.75) is 70.1 Å². The number of ether oxygens (including phenoxy) is 1. The molecule has 0 radical (unpaired) electrons. The first kappa shape index (κ1) is 24.8. The number of nitrogens with zero attached hydrogens (tertiary/aromatic N) is 2. The lowest BCUT2D eigenvalue weighted by Gasteiger charge is -2.59. The number of amides is 2. The Labute approximate surface area is 219 Å². The summed E-state index contributed by atoms with van der Waals surface area (Å²) in [4.78, 5) is 32.8. The van der Waals surface area contributed by atoms with Crippen LogP contribution in [0.2, 0.25) is 0 Å². The summed E-state index contributed by atoms with van der Waals surface area (Å²) in [5.74, 6) is 2.28. The Kier molecular flexibility index (Phi) is 6.80. The Balaban J connectivity index is 1.29. The number of hydrogen-bond donors (Lipinski definition) is 4. The molecule has 4 fully saturated rings.